The van der Waals surface area contributed by atoms with Gasteiger partial charge in [0.05, 0.1) is 28.4 Å². The molecule has 3 aromatic rings. The van der Waals surface area contributed by atoms with Gasteiger partial charge in [0.15, 0.2) is 0 Å². The van der Waals surface area contributed by atoms with Crippen LogP contribution in [0.4, 0.5) is 15.9 Å². The second-order valence-corrected chi connectivity index (χ2v) is 8.01. The molecule has 1 aromatic carbocycles. The molecule has 8 nitrogen and oxygen atoms in total. The van der Waals surface area contributed by atoms with Gasteiger partial charge in [-0.15, -0.1) is 0 Å². The van der Waals surface area contributed by atoms with Gasteiger partial charge in [0.2, 0.25) is 5.91 Å². The van der Waals surface area contributed by atoms with E-state index in [0.717, 1.165) is 19.4 Å². The van der Waals surface area contributed by atoms with Crippen molar-refractivity contribution in [2.45, 2.75) is 19.8 Å². The molecule has 1 fully saturated rings. The molecule has 1 aliphatic rings. The van der Waals surface area contributed by atoms with Crippen LogP contribution in [0.1, 0.15) is 29.0 Å². The highest BCUT2D eigenvalue weighted by Gasteiger charge is 2.26. The van der Waals surface area contributed by atoms with Gasteiger partial charge in [-0.2, -0.15) is 0 Å². The summed E-state index contributed by atoms with van der Waals surface area (Å²) in [4.78, 5) is 30.8. The Bertz CT molecular complexity index is 1140. The third kappa shape index (κ3) is 4.29. The molecule has 0 aliphatic carbocycles. The Kier molecular flexibility index (Phi) is 6.09. The van der Waals surface area contributed by atoms with E-state index < -0.39 is 11.7 Å². The van der Waals surface area contributed by atoms with Crippen molar-refractivity contribution in [1.29, 1.82) is 0 Å². The number of hydrogen-bond acceptors (Lipinski definition) is 6. The van der Waals surface area contributed by atoms with Gasteiger partial charge in [-0.3, -0.25) is 9.59 Å². The van der Waals surface area contributed by atoms with Crippen LogP contribution in [0.5, 0.6) is 0 Å². The molecule has 1 atom stereocenters. The molecule has 0 bridgehead atoms. The molecule has 2 aromatic heterocycles. The topological polar surface area (TPSA) is 114 Å². The number of amides is 2. The van der Waals surface area contributed by atoms with Crippen molar-refractivity contribution in [1.82, 2.24) is 10.1 Å². The number of pyridine rings is 1. The van der Waals surface area contributed by atoms with Crippen LogP contribution in [0, 0.1) is 18.7 Å². The van der Waals surface area contributed by atoms with Gasteiger partial charge >= 0.3 is 0 Å². The van der Waals surface area contributed by atoms with Crippen LogP contribution in [0.15, 0.2) is 41.1 Å². The Morgan fingerprint density at radius 3 is 2.81 bits per heavy atom. The number of carbonyl (C=O) groups excluding carboxylic acids is 2. The molecular weight excluding hydrogens is 437 g/mol. The van der Waals surface area contributed by atoms with E-state index in [1.54, 1.807) is 19.1 Å². The molecule has 4 rings (SSSR count). The van der Waals surface area contributed by atoms with Crippen molar-refractivity contribution in [3.63, 3.8) is 0 Å². The number of hydrogen-bond donors (Lipinski definition) is 2. The average Bonchev–Trinajstić information content (AvgIpc) is 3.15. The van der Waals surface area contributed by atoms with Crippen molar-refractivity contribution in [2.24, 2.45) is 11.7 Å². The molecule has 1 unspecified atom stereocenters. The molecule has 2 amide bonds. The zero-order chi connectivity index (χ0) is 22.8. The summed E-state index contributed by atoms with van der Waals surface area (Å²) >= 11 is 6.13. The third-order valence-corrected chi connectivity index (χ3v) is 5.76. The Morgan fingerprint density at radius 1 is 1.31 bits per heavy atom. The van der Waals surface area contributed by atoms with E-state index >= 15 is 0 Å². The molecule has 166 valence electrons. The van der Waals surface area contributed by atoms with Crippen LogP contribution < -0.4 is 16.0 Å². The number of anilines is 2. The Balaban J connectivity index is 1.53. The van der Waals surface area contributed by atoms with Gasteiger partial charge in [0.1, 0.15) is 28.7 Å². The van der Waals surface area contributed by atoms with Crippen LogP contribution in [-0.2, 0) is 4.79 Å². The number of rotatable bonds is 5. The van der Waals surface area contributed by atoms with Crippen LogP contribution >= 0.6 is 11.6 Å². The van der Waals surface area contributed by atoms with Crippen LogP contribution in [0.25, 0.3) is 11.3 Å². The molecule has 1 aliphatic heterocycles. The summed E-state index contributed by atoms with van der Waals surface area (Å²) in [7, 11) is 0. The number of benzene rings is 1. The number of aromatic nitrogens is 2. The smallest absolute Gasteiger partial charge is 0.261 e. The van der Waals surface area contributed by atoms with Gasteiger partial charge in [0.25, 0.3) is 5.91 Å². The lowest BCUT2D eigenvalue weighted by molar-refractivity contribution is -0.122. The number of carbonyl (C=O) groups is 2. The molecule has 0 saturated carbocycles. The highest BCUT2D eigenvalue weighted by Crippen LogP contribution is 2.34. The summed E-state index contributed by atoms with van der Waals surface area (Å²) in [5, 5.41) is 6.70. The van der Waals surface area contributed by atoms with E-state index in [1.807, 2.05) is 4.90 Å². The number of nitrogens with one attached hydrogen (secondary N) is 1. The number of aryl methyl sites for hydroxylation is 1. The first-order valence-corrected chi connectivity index (χ1v) is 10.4. The van der Waals surface area contributed by atoms with Gasteiger partial charge < -0.3 is 20.5 Å². The molecule has 3 heterocycles. The van der Waals surface area contributed by atoms with Gasteiger partial charge in [-0.1, -0.05) is 22.8 Å². The van der Waals surface area contributed by atoms with Gasteiger partial charge in [-0.25, -0.2) is 9.37 Å². The van der Waals surface area contributed by atoms with E-state index in [9.17, 15) is 14.0 Å². The SMILES string of the molecule is Cc1onc(-c2c(F)cccc2Cl)c1C(=O)Nc1ccc(N2CCCC(C(N)=O)C2)nc1. The van der Waals surface area contributed by atoms with E-state index in [1.165, 1.54) is 24.4 Å². The molecule has 0 radical (unpaired) electrons. The molecule has 10 heteroatoms. The second kappa shape index (κ2) is 8.96. The van der Waals surface area contributed by atoms with E-state index in [4.69, 9.17) is 21.9 Å². The minimum Gasteiger partial charge on any atom is -0.369 e. The minimum absolute atomic E-state index is 0.00116. The molecule has 1 saturated heterocycles. The normalized spacial score (nSPS) is 16.1. The first-order valence-electron chi connectivity index (χ1n) is 10.1. The summed E-state index contributed by atoms with van der Waals surface area (Å²) in [6.07, 6.45) is 3.13. The van der Waals surface area contributed by atoms with E-state index in [2.05, 4.69) is 15.5 Å². The summed E-state index contributed by atoms with van der Waals surface area (Å²) < 4.78 is 19.5. The second-order valence-electron chi connectivity index (χ2n) is 7.61. The summed E-state index contributed by atoms with van der Waals surface area (Å²) in [5.74, 6) is -0.735. The van der Waals surface area contributed by atoms with Crippen LogP contribution in [0.2, 0.25) is 5.02 Å². The minimum atomic E-state index is -0.610. The molecule has 0 spiro atoms. The van der Waals surface area contributed by atoms with Crippen molar-refractivity contribution >= 4 is 34.9 Å². The molecular formula is C22H21ClFN5O3. The largest absolute Gasteiger partial charge is 0.369 e. The maximum Gasteiger partial charge on any atom is 0.261 e. The van der Waals surface area contributed by atoms with Gasteiger partial charge in [0, 0.05) is 13.1 Å². The zero-order valence-electron chi connectivity index (χ0n) is 17.3. The maximum atomic E-state index is 14.4. The van der Waals surface area contributed by atoms with E-state index in [-0.39, 0.29) is 39.4 Å². The number of piperidine rings is 1. The van der Waals surface area contributed by atoms with Crippen molar-refractivity contribution < 1.29 is 18.5 Å². The molecule has 3 N–H and O–H groups in total. The van der Waals surface area contributed by atoms with Crippen molar-refractivity contribution in [3.05, 3.63) is 58.7 Å². The average molecular weight is 458 g/mol. The highest BCUT2D eigenvalue weighted by atomic mass is 35.5. The monoisotopic (exact) mass is 457 g/mol. The predicted molar refractivity (Wildman–Crippen MR) is 118 cm³/mol. The number of nitrogens with two attached hydrogens (primary N) is 1. The predicted octanol–water partition coefficient (Wildman–Crippen LogP) is 3.79. The van der Waals surface area contributed by atoms with Crippen molar-refractivity contribution in [3.8, 4) is 11.3 Å². The Hall–Kier alpha value is -3.46. The van der Waals surface area contributed by atoms with Crippen LogP contribution in [0.3, 0.4) is 0 Å². The van der Waals surface area contributed by atoms with Crippen molar-refractivity contribution in [2.75, 3.05) is 23.3 Å². The summed E-state index contributed by atoms with van der Waals surface area (Å²) in [6, 6.07) is 7.67. The fraction of sp³-hybridized carbons (Fsp3) is 0.273. The van der Waals surface area contributed by atoms with Gasteiger partial charge in [-0.05, 0) is 44.0 Å². The summed E-state index contributed by atoms with van der Waals surface area (Å²) in [5.41, 5.74) is 5.99. The fourth-order valence-electron chi connectivity index (χ4n) is 3.79. The number of primary amides is 1. The lowest BCUT2D eigenvalue weighted by atomic mass is 9.97. The number of nitrogens with zero attached hydrogens (tertiary/aromatic N) is 3. The maximum absolute atomic E-state index is 14.4. The highest BCUT2D eigenvalue weighted by molar-refractivity contribution is 6.33. The lowest BCUT2D eigenvalue weighted by Gasteiger charge is -2.32. The first-order chi connectivity index (χ1) is 15.3. The quantitative estimate of drug-likeness (QED) is 0.602. The Labute approximate surface area is 188 Å². The van der Waals surface area contributed by atoms with Crippen LogP contribution in [-0.4, -0.2) is 35.0 Å². The molecule has 32 heavy (non-hydrogen) atoms. The third-order valence-electron chi connectivity index (χ3n) is 5.44. The fourth-order valence-corrected chi connectivity index (χ4v) is 4.04. The van der Waals surface area contributed by atoms with E-state index in [0.29, 0.717) is 18.1 Å². The zero-order valence-corrected chi connectivity index (χ0v) is 18.0. The first kappa shape index (κ1) is 21.8. The number of halogens is 2. The summed E-state index contributed by atoms with van der Waals surface area (Å²) in [6.45, 7) is 2.85. The Morgan fingerprint density at radius 2 is 2.12 bits per heavy atom. The lowest BCUT2D eigenvalue weighted by Crippen LogP contribution is -2.41. The standard InChI is InChI=1S/C22H21ClFN5O3/c1-12-18(20(28-32-12)19-15(23)5-2-6-16(19)24)22(31)27-14-7-8-17(26-10-14)29-9-3-4-13(11-29)21(25)30/h2,5-8,10,13H,3-4,9,11H2,1H3,(H2,25,30)(H,27,31).